The molecule has 7 nitrogen and oxygen atoms in total. The Morgan fingerprint density at radius 2 is 2.00 bits per heavy atom. The zero-order valence-corrected chi connectivity index (χ0v) is 14.4. The molecule has 27 heavy (non-hydrogen) atoms. The maximum Gasteiger partial charge on any atom is 0.265 e. The number of Topliss-reactive ketones (excluding diaryl/α,β-unsaturated/α-hetero) is 1. The molecule has 1 aromatic heterocycles. The number of benzene rings is 2. The zero-order valence-electron chi connectivity index (χ0n) is 14.4. The summed E-state index contributed by atoms with van der Waals surface area (Å²) >= 11 is 0. The van der Waals surface area contributed by atoms with E-state index in [1.54, 1.807) is 29.4 Å². The smallest absolute Gasteiger partial charge is 0.265 e. The second-order valence-electron chi connectivity index (χ2n) is 6.14. The van der Waals surface area contributed by atoms with Gasteiger partial charge in [0.25, 0.3) is 5.91 Å². The number of para-hydroxylation sites is 1. The first-order valence-electron chi connectivity index (χ1n) is 8.45. The number of hydrogen-bond donors (Lipinski definition) is 1. The van der Waals surface area contributed by atoms with Gasteiger partial charge in [0.1, 0.15) is 12.4 Å². The van der Waals surface area contributed by atoms with Crippen LogP contribution < -0.4 is 9.64 Å². The van der Waals surface area contributed by atoms with Gasteiger partial charge in [-0.1, -0.05) is 18.2 Å². The van der Waals surface area contributed by atoms with Crippen molar-refractivity contribution in [1.82, 2.24) is 9.55 Å². The number of carbonyl (C=O) groups excluding carboxylic acids is 2. The van der Waals surface area contributed by atoms with Crippen LogP contribution in [0.25, 0.3) is 5.69 Å². The van der Waals surface area contributed by atoms with E-state index in [-0.39, 0.29) is 19.1 Å². The maximum absolute atomic E-state index is 12.4. The van der Waals surface area contributed by atoms with Gasteiger partial charge in [0, 0.05) is 17.4 Å². The Hall–Kier alpha value is -3.45. The van der Waals surface area contributed by atoms with Gasteiger partial charge in [-0.05, 0) is 30.3 Å². The number of amides is 1. The summed E-state index contributed by atoms with van der Waals surface area (Å²) in [6.45, 7) is -0.402. The van der Waals surface area contributed by atoms with Gasteiger partial charge in [-0.25, -0.2) is 4.98 Å². The molecule has 1 aliphatic heterocycles. The molecule has 7 heteroatoms. The Kier molecular flexibility index (Phi) is 4.43. The minimum Gasteiger partial charge on any atom is -0.482 e. The van der Waals surface area contributed by atoms with Crippen LogP contribution in [0.5, 0.6) is 5.75 Å². The first kappa shape index (κ1) is 17.0. The van der Waals surface area contributed by atoms with E-state index < -0.39 is 12.4 Å². The van der Waals surface area contributed by atoms with E-state index in [0.717, 1.165) is 5.69 Å². The topological polar surface area (TPSA) is 84.7 Å². The van der Waals surface area contributed by atoms with E-state index >= 15 is 0 Å². The molecule has 0 atom stereocenters. The second kappa shape index (κ2) is 7.05. The molecule has 1 amide bonds. The summed E-state index contributed by atoms with van der Waals surface area (Å²) in [5, 5.41) is 9.08. The molecule has 0 aliphatic carbocycles. The minimum atomic E-state index is -0.588. The standard InChI is InChI=1S/C20H17N3O4/c24-11-18(25)14-6-7-19-17(8-14)23(20(26)12-27-19)10-15-9-22(13-21-15)16-4-2-1-3-5-16/h1-9,13,24H,10-12H2. The van der Waals surface area contributed by atoms with Crippen molar-refractivity contribution in [3.63, 3.8) is 0 Å². The van der Waals surface area contributed by atoms with Gasteiger partial charge in [0.2, 0.25) is 0 Å². The van der Waals surface area contributed by atoms with E-state index in [1.807, 2.05) is 41.1 Å². The third-order valence-electron chi connectivity index (χ3n) is 4.38. The van der Waals surface area contributed by atoms with Gasteiger partial charge >= 0.3 is 0 Å². The lowest BCUT2D eigenvalue weighted by molar-refractivity contribution is -0.121. The first-order valence-corrected chi connectivity index (χ1v) is 8.45. The number of nitrogens with zero attached hydrogens (tertiary/aromatic N) is 3. The van der Waals surface area contributed by atoms with Crippen LogP contribution in [0, 0.1) is 0 Å². The Morgan fingerprint density at radius 1 is 1.19 bits per heavy atom. The number of anilines is 1. The van der Waals surface area contributed by atoms with Crippen LogP contribution in [0.15, 0.2) is 61.1 Å². The van der Waals surface area contributed by atoms with Gasteiger partial charge in [0.15, 0.2) is 12.4 Å². The van der Waals surface area contributed by atoms with Gasteiger partial charge < -0.3 is 14.4 Å². The molecule has 0 fully saturated rings. The van der Waals surface area contributed by atoms with Crippen molar-refractivity contribution in [2.24, 2.45) is 0 Å². The summed E-state index contributed by atoms with van der Waals surface area (Å²) in [4.78, 5) is 30.2. The highest BCUT2D eigenvalue weighted by Gasteiger charge is 2.27. The zero-order chi connectivity index (χ0) is 18.8. The second-order valence-corrected chi connectivity index (χ2v) is 6.14. The number of imidazole rings is 1. The summed E-state index contributed by atoms with van der Waals surface area (Å²) in [5.74, 6) is -0.110. The van der Waals surface area contributed by atoms with Crippen molar-refractivity contribution in [1.29, 1.82) is 0 Å². The van der Waals surface area contributed by atoms with E-state index in [1.165, 1.54) is 0 Å². The maximum atomic E-state index is 12.4. The molecule has 0 saturated carbocycles. The summed E-state index contributed by atoms with van der Waals surface area (Å²) < 4.78 is 7.34. The molecule has 0 spiro atoms. The fourth-order valence-corrected chi connectivity index (χ4v) is 2.99. The highest BCUT2D eigenvalue weighted by molar-refractivity contribution is 6.02. The van der Waals surface area contributed by atoms with Crippen LogP contribution in [-0.2, 0) is 11.3 Å². The molecule has 2 aromatic carbocycles. The number of aliphatic hydroxyl groups is 1. The first-order chi connectivity index (χ1) is 13.2. The summed E-state index contributed by atoms with van der Waals surface area (Å²) in [6, 6.07) is 14.5. The summed E-state index contributed by atoms with van der Waals surface area (Å²) in [6.07, 6.45) is 3.56. The fourth-order valence-electron chi connectivity index (χ4n) is 2.99. The Labute approximate surface area is 155 Å². The molecule has 0 radical (unpaired) electrons. The third-order valence-corrected chi connectivity index (χ3v) is 4.38. The number of aliphatic hydroxyl groups excluding tert-OH is 1. The number of ether oxygens (including phenoxy) is 1. The van der Waals surface area contributed by atoms with Crippen molar-refractivity contribution in [3.05, 3.63) is 72.3 Å². The molecular formula is C20H17N3O4. The molecular weight excluding hydrogens is 346 g/mol. The number of fused-ring (bicyclic) bond motifs is 1. The van der Waals surface area contributed by atoms with Crippen LogP contribution in [0.4, 0.5) is 5.69 Å². The Balaban J connectivity index is 1.64. The molecule has 0 bridgehead atoms. The van der Waals surface area contributed by atoms with Gasteiger partial charge in [-0.3, -0.25) is 14.5 Å². The third kappa shape index (κ3) is 3.32. The highest BCUT2D eigenvalue weighted by atomic mass is 16.5. The molecule has 1 N–H and O–H groups in total. The fraction of sp³-hybridized carbons (Fsp3) is 0.150. The Morgan fingerprint density at radius 3 is 2.78 bits per heavy atom. The number of carbonyl (C=O) groups is 2. The van der Waals surface area contributed by atoms with Crippen molar-refractivity contribution < 1.29 is 19.4 Å². The lowest BCUT2D eigenvalue weighted by atomic mass is 10.1. The van der Waals surface area contributed by atoms with Gasteiger partial charge in [0.05, 0.1) is 24.3 Å². The summed E-state index contributed by atoms with van der Waals surface area (Å²) in [5.41, 5.74) is 2.51. The predicted molar refractivity (Wildman–Crippen MR) is 98.1 cm³/mol. The largest absolute Gasteiger partial charge is 0.482 e. The van der Waals surface area contributed by atoms with Gasteiger partial charge in [-0.15, -0.1) is 0 Å². The molecule has 2 heterocycles. The molecule has 4 rings (SSSR count). The number of rotatable bonds is 5. The van der Waals surface area contributed by atoms with Crippen LogP contribution in [-0.4, -0.2) is 39.6 Å². The average molecular weight is 363 g/mol. The predicted octanol–water partition coefficient (Wildman–Crippen LogP) is 1.97. The Bertz CT molecular complexity index is 997. The average Bonchev–Trinajstić information content (AvgIpc) is 3.18. The van der Waals surface area contributed by atoms with E-state index in [2.05, 4.69) is 4.98 Å². The van der Waals surface area contributed by atoms with Crippen LogP contribution >= 0.6 is 0 Å². The van der Waals surface area contributed by atoms with Crippen molar-refractivity contribution in [3.8, 4) is 11.4 Å². The van der Waals surface area contributed by atoms with E-state index in [4.69, 9.17) is 9.84 Å². The van der Waals surface area contributed by atoms with Crippen LogP contribution in [0.3, 0.4) is 0 Å². The quantitative estimate of drug-likeness (QED) is 0.701. The number of aromatic nitrogens is 2. The monoisotopic (exact) mass is 363 g/mol. The van der Waals surface area contributed by atoms with Crippen LogP contribution in [0.1, 0.15) is 16.1 Å². The highest BCUT2D eigenvalue weighted by Crippen LogP contribution is 2.34. The van der Waals surface area contributed by atoms with Crippen LogP contribution in [0.2, 0.25) is 0 Å². The number of hydrogen-bond acceptors (Lipinski definition) is 5. The molecule has 1 aliphatic rings. The normalized spacial score (nSPS) is 13.2. The van der Waals surface area contributed by atoms with E-state index in [0.29, 0.717) is 22.7 Å². The van der Waals surface area contributed by atoms with Crippen molar-refractivity contribution in [2.45, 2.75) is 6.54 Å². The van der Waals surface area contributed by atoms with Gasteiger partial charge in [-0.2, -0.15) is 0 Å². The van der Waals surface area contributed by atoms with E-state index in [9.17, 15) is 9.59 Å². The lowest BCUT2D eigenvalue weighted by Crippen LogP contribution is -2.38. The SMILES string of the molecule is O=C(CO)c1ccc2c(c1)N(Cc1cn(-c3ccccc3)cn1)C(=O)CO2. The lowest BCUT2D eigenvalue weighted by Gasteiger charge is -2.29. The van der Waals surface area contributed by atoms with Crippen molar-refractivity contribution >= 4 is 17.4 Å². The van der Waals surface area contributed by atoms with Crippen molar-refractivity contribution in [2.75, 3.05) is 18.1 Å². The number of ketones is 1. The minimum absolute atomic E-state index is 0.0698. The molecule has 136 valence electrons. The molecule has 3 aromatic rings. The molecule has 0 unspecified atom stereocenters. The molecule has 0 saturated heterocycles. The summed E-state index contributed by atoms with van der Waals surface area (Å²) in [7, 11) is 0.